The Labute approximate surface area is 91.5 Å². The van der Waals surface area contributed by atoms with Crippen molar-refractivity contribution in [3.05, 3.63) is 18.7 Å². The first-order chi connectivity index (χ1) is 7.81. The predicted octanol–water partition coefficient (Wildman–Crippen LogP) is 0.0993. The molecule has 0 saturated heterocycles. The van der Waals surface area contributed by atoms with Gasteiger partial charge in [-0.2, -0.15) is 0 Å². The number of ether oxygens (including phenoxy) is 1. The summed E-state index contributed by atoms with van der Waals surface area (Å²) in [5, 5.41) is 10.5. The lowest BCUT2D eigenvalue weighted by atomic mass is 10.5. The van der Waals surface area contributed by atoms with Crippen molar-refractivity contribution in [3.63, 3.8) is 0 Å². The number of hydrogen-bond acceptors (Lipinski definition) is 6. The summed E-state index contributed by atoms with van der Waals surface area (Å²) in [5.41, 5.74) is 0.576. The van der Waals surface area contributed by atoms with Crippen LogP contribution in [0.5, 0.6) is 0 Å². The molecule has 7 nitrogen and oxygen atoms in total. The third-order valence-electron chi connectivity index (χ3n) is 1.92. The lowest BCUT2D eigenvalue weighted by Crippen LogP contribution is -2.17. The molecule has 0 unspecified atom stereocenters. The smallest absolute Gasteiger partial charge is 0.325 e. The van der Waals surface area contributed by atoms with Gasteiger partial charge in [-0.15, -0.1) is 10.2 Å². The maximum atomic E-state index is 11.1. The molecule has 1 N–H and O–H groups in total. The van der Waals surface area contributed by atoms with Crippen molar-refractivity contribution >= 4 is 17.4 Å². The van der Waals surface area contributed by atoms with Gasteiger partial charge in [0, 0.05) is 12.4 Å². The van der Waals surface area contributed by atoms with Gasteiger partial charge in [-0.25, -0.2) is 4.98 Å². The van der Waals surface area contributed by atoms with E-state index in [2.05, 4.69) is 20.5 Å². The van der Waals surface area contributed by atoms with Crippen molar-refractivity contribution in [3.8, 4) is 0 Å². The molecule has 0 radical (unpaired) electrons. The summed E-state index contributed by atoms with van der Waals surface area (Å²) >= 11 is 0. The minimum atomic E-state index is -0.328. The lowest BCUT2D eigenvalue weighted by molar-refractivity contribution is -0.140. The van der Waals surface area contributed by atoms with Crippen LogP contribution < -0.4 is 5.32 Å². The molecule has 2 aromatic heterocycles. The number of aromatic nitrogens is 4. The summed E-state index contributed by atoms with van der Waals surface area (Å²) < 4.78 is 6.49. The van der Waals surface area contributed by atoms with E-state index < -0.39 is 0 Å². The Bertz CT molecular complexity index is 495. The second kappa shape index (κ2) is 4.56. The summed E-state index contributed by atoms with van der Waals surface area (Å²) in [7, 11) is 0. The molecule has 0 aliphatic heterocycles. The average molecular weight is 221 g/mol. The highest BCUT2D eigenvalue weighted by Gasteiger charge is 2.06. The second-order valence-electron chi connectivity index (χ2n) is 3.00. The van der Waals surface area contributed by atoms with Gasteiger partial charge in [0.1, 0.15) is 12.9 Å². The highest BCUT2D eigenvalue weighted by Crippen LogP contribution is 2.08. The fourth-order valence-electron chi connectivity index (χ4n) is 1.25. The van der Waals surface area contributed by atoms with Crippen LogP contribution in [0.4, 0.5) is 5.82 Å². The molecule has 0 atom stereocenters. The Kier molecular flexibility index (Phi) is 2.95. The molecule has 0 aliphatic rings. The van der Waals surface area contributed by atoms with E-state index in [-0.39, 0.29) is 12.5 Å². The molecule has 0 amide bonds. The zero-order chi connectivity index (χ0) is 11.4. The van der Waals surface area contributed by atoms with Crippen LogP contribution >= 0.6 is 0 Å². The maximum Gasteiger partial charge on any atom is 0.325 e. The summed E-state index contributed by atoms with van der Waals surface area (Å²) in [5.74, 6) is 0.180. The number of carbonyl (C=O) groups excluding carboxylic acids is 1. The topological polar surface area (TPSA) is 81.4 Å². The molecule has 0 fully saturated rings. The Balaban J connectivity index is 2.09. The Hall–Kier alpha value is -2.18. The number of nitrogens with one attached hydrogen (secondary N) is 1. The molecular weight excluding hydrogens is 210 g/mol. The number of carbonyl (C=O) groups is 1. The monoisotopic (exact) mass is 221 g/mol. The van der Waals surface area contributed by atoms with Crippen molar-refractivity contribution in [2.75, 3.05) is 18.5 Å². The first-order valence-corrected chi connectivity index (χ1v) is 4.85. The highest BCUT2D eigenvalue weighted by atomic mass is 16.5. The molecule has 16 heavy (non-hydrogen) atoms. The largest absolute Gasteiger partial charge is 0.465 e. The SMILES string of the molecule is CCOC(=O)CNc1nccn2cnnc12. The Morgan fingerprint density at radius 3 is 3.31 bits per heavy atom. The van der Waals surface area contributed by atoms with Crippen molar-refractivity contribution < 1.29 is 9.53 Å². The van der Waals surface area contributed by atoms with Crippen molar-refractivity contribution in [2.24, 2.45) is 0 Å². The van der Waals surface area contributed by atoms with E-state index in [4.69, 9.17) is 4.74 Å². The number of fused-ring (bicyclic) bond motifs is 1. The zero-order valence-electron chi connectivity index (χ0n) is 8.75. The third-order valence-corrected chi connectivity index (χ3v) is 1.92. The van der Waals surface area contributed by atoms with Crippen LogP contribution in [0.25, 0.3) is 5.65 Å². The second-order valence-corrected chi connectivity index (χ2v) is 3.00. The van der Waals surface area contributed by atoms with Gasteiger partial charge in [0.2, 0.25) is 5.65 Å². The minimum absolute atomic E-state index is 0.0629. The summed E-state index contributed by atoms with van der Waals surface area (Å²) in [4.78, 5) is 15.2. The van der Waals surface area contributed by atoms with E-state index >= 15 is 0 Å². The van der Waals surface area contributed by atoms with E-state index in [9.17, 15) is 4.79 Å². The molecule has 0 aliphatic carbocycles. The molecule has 7 heteroatoms. The van der Waals surface area contributed by atoms with Gasteiger partial charge in [-0.1, -0.05) is 0 Å². The number of anilines is 1. The van der Waals surface area contributed by atoms with Crippen LogP contribution in [-0.4, -0.2) is 38.7 Å². The molecule has 2 heterocycles. The minimum Gasteiger partial charge on any atom is -0.465 e. The number of esters is 1. The Morgan fingerprint density at radius 2 is 2.50 bits per heavy atom. The van der Waals surface area contributed by atoms with Crippen LogP contribution in [0, 0.1) is 0 Å². The molecule has 0 spiro atoms. The van der Waals surface area contributed by atoms with E-state index in [1.807, 2.05) is 0 Å². The zero-order valence-corrected chi connectivity index (χ0v) is 8.75. The number of rotatable bonds is 4. The van der Waals surface area contributed by atoms with Crippen LogP contribution in [0.3, 0.4) is 0 Å². The van der Waals surface area contributed by atoms with E-state index in [1.165, 1.54) is 0 Å². The van der Waals surface area contributed by atoms with Crippen LogP contribution in [0.2, 0.25) is 0 Å². The molecule has 0 saturated carbocycles. The predicted molar refractivity (Wildman–Crippen MR) is 55.9 cm³/mol. The molecule has 0 bridgehead atoms. The van der Waals surface area contributed by atoms with E-state index in [1.54, 1.807) is 30.0 Å². The Morgan fingerprint density at radius 1 is 1.62 bits per heavy atom. The quantitative estimate of drug-likeness (QED) is 0.737. The first kappa shape index (κ1) is 10.3. The normalized spacial score (nSPS) is 10.3. The van der Waals surface area contributed by atoms with Crippen LogP contribution in [0.1, 0.15) is 6.92 Å². The van der Waals surface area contributed by atoms with E-state index in [0.29, 0.717) is 18.1 Å². The van der Waals surface area contributed by atoms with Crippen LogP contribution in [0.15, 0.2) is 18.7 Å². The molecular formula is C9H11N5O2. The molecule has 0 aromatic carbocycles. The van der Waals surface area contributed by atoms with Gasteiger partial charge >= 0.3 is 5.97 Å². The van der Waals surface area contributed by atoms with Gasteiger partial charge in [0.25, 0.3) is 0 Å². The molecule has 2 aromatic rings. The van der Waals surface area contributed by atoms with Crippen molar-refractivity contribution in [1.82, 2.24) is 19.6 Å². The van der Waals surface area contributed by atoms with Gasteiger partial charge in [0.15, 0.2) is 5.82 Å². The van der Waals surface area contributed by atoms with Gasteiger partial charge in [0.05, 0.1) is 6.61 Å². The van der Waals surface area contributed by atoms with Crippen molar-refractivity contribution in [2.45, 2.75) is 6.92 Å². The number of nitrogens with zero attached hydrogens (tertiary/aromatic N) is 4. The van der Waals surface area contributed by atoms with Gasteiger partial charge in [-0.05, 0) is 6.92 Å². The first-order valence-electron chi connectivity index (χ1n) is 4.85. The summed E-state index contributed by atoms with van der Waals surface area (Å²) in [6.45, 7) is 2.19. The van der Waals surface area contributed by atoms with Gasteiger partial charge in [-0.3, -0.25) is 9.20 Å². The lowest BCUT2D eigenvalue weighted by Gasteiger charge is -2.05. The number of hydrogen-bond donors (Lipinski definition) is 1. The van der Waals surface area contributed by atoms with Gasteiger partial charge < -0.3 is 10.1 Å². The summed E-state index contributed by atoms with van der Waals surface area (Å²) in [6.07, 6.45) is 4.89. The maximum absolute atomic E-state index is 11.1. The summed E-state index contributed by atoms with van der Waals surface area (Å²) in [6, 6.07) is 0. The average Bonchev–Trinajstić information content (AvgIpc) is 2.75. The standard InChI is InChI=1S/C9H11N5O2/c1-2-16-7(15)5-11-8-9-13-12-6-14(9)4-3-10-8/h3-4,6H,2,5H2,1H3,(H,10,11). The molecule has 84 valence electrons. The highest BCUT2D eigenvalue weighted by molar-refractivity contribution is 5.76. The van der Waals surface area contributed by atoms with Crippen LogP contribution in [-0.2, 0) is 9.53 Å². The van der Waals surface area contributed by atoms with E-state index in [0.717, 1.165) is 0 Å². The fourth-order valence-corrected chi connectivity index (χ4v) is 1.25. The third kappa shape index (κ3) is 2.08. The van der Waals surface area contributed by atoms with Crippen molar-refractivity contribution in [1.29, 1.82) is 0 Å². The fraction of sp³-hybridized carbons (Fsp3) is 0.333. The molecule has 2 rings (SSSR count).